The Morgan fingerprint density at radius 1 is 0.838 bits per heavy atom. The summed E-state index contributed by atoms with van der Waals surface area (Å²) in [4.78, 5) is 22.2. The number of amides is 1. The van der Waals surface area contributed by atoms with Crippen LogP contribution in [0.2, 0.25) is 0 Å². The minimum atomic E-state index is 0. The fourth-order valence-corrected chi connectivity index (χ4v) is 4.97. The van der Waals surface area contributed by atoms with E-state index in [1.807, 2.05) is 23.1 Å². The summed E-state index contributed by atoms with van der Waals surface area (Å²) < 4.78 is 11.4. The van der Waals surface area contributed by atoms with E-state index in [9.17, 15) is 4.79 Å². The Bertz CT molecular complexity index is 948. The van der Waals surface area contributed by atoms with Crippen molar-refractivity contribution in [2.75, 3.05) is 85.7 Å². The first-order valence-electron chi connectivity index (χ1n) is 13.1. The monoisotopic (exact) mass is 531 g/mol. The van der Waals surface area contributed by atoms with Crippen LogP contribution in [0.3, 0.4) is 0 Å². The fourth-order valence-electron chi connectivity index (χ4n) is 4.97. The van der Waals surface area contributed by atoms with Gasteiger partial charge in [-0.15, -0.1) is 12.4 Å². The van der Waals surface area contributed by atoms with Crippen molar-refractivity contribution in [3.8, 4) is 11.5 Å². The third-order valence-electron chi connectivity index (χ3n) is 7.18. The van der Waals surface area contributed by atoms with Crippen molar-refractivity contribution in [1.82, 2.24) is 19.6 Å². The molecule has 2 heterocycles. The van der Waals surface area contributed by atoms with Crippen molar-refractivity contribution in [1.29, 1.82) is 0 Å². The standard InChI is InChI=1S/C28H41N5O3.ClH/c1-35-26-8-5-9-27(36-21-11-29)25(26)22-31-17-19-33(20-18-31)28(34)23-32-15-13-30(14-16-32)12-10-24-6-3-2-4-7-24;/h2-9H,10-23,29H2,1H3;1H. The van der Waals surface area contributed by atoms with E-state index in [1.165, 1.54) is 5.56 Å². The Morgan fingerprint density at radius 3 is 2.16 bits per heavy atom. The first kappa shape index (κ1) is 29.2. The number of carbonyl (C=O) groups excluding carboxylic acids is 1. The third kappa shape index (κ3) is 8.58. The molecule has 0 aromatic heterocycles. The van der Waals surface area contributed by atoms with Crippen LogP contribution in [-0.4, -0.2) is 111 Å². The summed E-state index contributed by atoms with van der Waals surface area (Å²) in [7, 11) is 1.69. The van der Waals surface area contributed by atoms with Crippen LogP contribution >= 0.6 is 12.4 Å². The van der Waals surface area contributed by atoms with Crippen molar-refractivity contribution >= 4 is 18.3 Å². The summed E-state index contributed by atoms with van der Waals surface area (Å²) in [6.45, 7) is 10.5. The van der Waals surface area contributed by atoms with Gasteiger partial charge in [0, 0.05) is 72.0 Å². The van der Waals surface area contributed by atoms with E-state index < -0.39 is 0 Å². The summed E-state index contributed by atoms with van der Waals surface area (Å²) in [5.41, 5.74) is 8.05. The minimum absolute atomic E-state index is 0. The van der Waals surface area contributed by atoms with Crippen LogP contribution in [0.15, 0.2) is 48.5 Å². The van der Waals surface area contributed by atoms with Crippen molar-refractivity contribution < 1.29 is 14.3 Å². The number of hydrogen-bond donors (Lipinski definition) is 1. The zero-order chi connectivity index (χ0) is 25.2. The van der Waals surface area contributed by atoms with Gasteiger partial charge in [0.15, 0.2) is 0 Å². The Morgan fingerprint density at radius 2 is 1.49 bits per heavy atom. The van der Waals surface area contributed by atoms with Gasteiger partial charge in [0.2, 0.25) is 5.91 Å². The van der Waals surface area contributed by atoms with E-state index in [4.69, 9.17) is 15.2 Å². The van der Waals surface area contributed by atoms with Crippen LogP contribution in [0.5, 0.6) is 11.5 Å². The van der Waals surface area contributed by atoms with Crippen molar-refractivity contribution in [3.05, 3.63) is 59.7 Å². The number of hydrogen-bond acceptors (Lipinski definition) is 7. The lowest BCUT2D eigenvalue weighted by atomic mass is 10.1. The molecule has 2 aliphatic rings. The molecule has 0 aliphatic carbocycles. The lowest BCUT2D eigenvalue weighted by Crippen LogP contribution is -2.53. The molecule has 2 N–H and O–H groups in total. The molecule has 0 spiro atoms. The smallest absolute Gasteiger partial charge is 0.236 e. The lowest BCUT2D eigenvalue weighted by molar-refractivity contribution is -0.134. The second-order valence-corrected chi connectivity index (χ2v) is 9.58. The van der Waals surface area contributed by atoms with Gasteiger partial charge in [0.05, 0.1) is 19.2 Å². The van der Waals surface area contributed by atoms with Crippen molar-refractivity contribution in [2.24, 2.45) is 5.73 Å². The summed E-state index contributed by atoms with van der Waals surface area (Å²) >= 11 is 0. The summed E-state index contributed by atoms with van der Waals surface area (Å²) in [5, 5.41) is 0. The van der Waals surface area contributed by atoms with Gasteiger partial charge in [-0.05, 0) is 24.1 Å². The highest BCUT2D eigenvalue weighted by molar-refractivity contribution is 5.85. The molecular formula is C28H42ClN5O3. The number of piperazine rings is 2. The zero-order valence-corrected chi connectivity index (χ0v) is 22.8. The molecule has 0 atom stereocenters. The molecule has 204 valence electrons. The molecule has 0 radical (unpaired) electrons. The van der Waals surface area contributed by atoms with E-state index in [2.05, 4.69) is 45.0 Å². The van der Waals surface area contributed by atoms with Crippen LogP contribution in [0.4, 0.5) is 0 Å². The van der Waals surface area contributed by atoms with Crippen LogP contribution in [0, 0.1) is 0 Å². The highest BCUT2D eigenvalue weighted by Crippen LogP contribution is 2.30. The lowest BCUT2D eigenvalue weighted by Gasteiger charge is -2.38. The van der Waals surface area contributed by atoms with Gasteiger partial charge in [-0.25, -0.2) is 0 Å². The summed E-state index contributed by atoms with van der Waals surface area (Å²) in [5.74, 6) is 1.89. The van der Waals surface area contributed by atoms with Crippen LogP contribution in [-0.2, 0) is 17.8 Å². The second kappa shape index (κ2) is 15.1. The molecule has 4 rings (SSSR count). The Labute approximate surface area is 227 Å². The molecule has 2 aromatic carbocycles. The first-order valence-corrected chi connectivity index (χ1v) is 13.1. The van der Waals surface area contributed by atoms with Gasteiger partial charge in [0.25, 0.3) is 0 Å². The van der Waals surface area contributed by atoms with Gasteiger partial charge >= 0.3 is 0 Å². The predicted octanol–water partition coefficient (Wildman–Crippen LogP) is 1.96. The molecule has 0 saturated carbocycles. The first-order chi connectivity index (χ1) is 17.7. The second-order valence-electron chi connectivity index (χ2n) is 9.58. The Balaban J connectivity index is 0.00000380. The van der Waals surface area contributed by atoms with Gasteiger partial charge in [-0.1, -0.05) is 36.4 Å². The molecule has 1 amide bonds. The predicted molar refractivity (Wildman–Crippen MR) is 150 cm³/mol. The summed E-state index contributed by atoms with van der Waals surface area (Å²) in [6.07, 6.45) is 1.08. The Hall–Kier alpha value is -2.36. The van der Waals surface area contributed by atoms with Crippen molar-refractivity contribution in [2.45, 2.75) is 13.0 Å². The molecule has 2 saturated heterocycles. The number of halogens is 1. The van der Waals surface area contributed by atoms with E-state index in [1.54, 1.807) is 7.11 Å². The highest BCUT2D eigenvalue weighted by Gasteiger charge is 2.26. The number of carbonyl (C=O) groups is 1. The van der Waals surface area contributed by atoms with Crippen molar-refractivity contribution in [3.63, 3.8) is 0 Å². The normalized spacial score (nSPS) is 17.3. The van der Waals surface area contributed by atoms with Crippen LogP contribution in [0.1, 0.15) is 11.1 Å². The molecule has 0 bridgehead atoms. The van der Waals surface area contributed by atoms with Crippen LogP contribution < -0.4 is 15.2 Å². The maximum Gasteiger partial charge on any atom is 0.236 e. The number of methoxy groups -OCH3 is 1. The molecule has 8 nitrogen and oxygen atoms in total. The minimum Gasteiger partial charge on any atom is -0.496 e. The molecule has 0 unspecified atom stereocenters. The fraction of sp³-hybridized carbons (Fsp3) is 0.536. The Kier molecular flexibility index (Phi) is 12.0. The molecule has 2 aliphatic heterocycles. The van der Waals surface area contributed by atoms with Gasteiger partial charge in [0.1, 0.15) is 18.1 Å². The molecule has 2 aromatic rings. The van der Waals surface area contributed by atoms with E-state index in [0.29, 0.717) is 19.7 Å². The largest absolute Gasteiger partial charge is 0.496 e. The number of benzene rings is 2. The quantitative estimate of drug-likeness (QED) is 0.475. The molecule has 2 fully saturated rings. The zero-order valence-electron chi connectivity index (χ0n) is 22.0. The molecular weight excluding hydrogens is 490 g/mol. The third-order valence-corrected chi connectivity index (χ3v) is 7.18. The number of ether oxygens (including phenoxy) is 2. The van der Waals surface area contributed by atoms with E-state index in [0.717, 1.165) is 88.9 Å². The van der Waals surface area contributed by atoms with E-state index >= 15 is 0 Å². The maximum atomic E-state index is 13.0. The maximum absolute atomic E-state index is 13.0. The molecule has 9 heteroatoms. The molecule has 37 heavy (non-hydrogen) atoms. The van der Waals surface area contributed by atoms with Crippen LogP contribution in [0.25, 0.3) is 0 Å². The van der Waals surface area contributed by atoms with E-state index in [-0.39, 0.29) is 18.3 Å². The summed E-state index contributed by atoms with van der Waals surface area (Å²) in [6, 6.07) is 16.5. The average molecular weight is 532 g/mol. The average Bonchev–Trinajstić information content (AvgIpc) is 2.93. The highest BCUT2D eigenvalue weighted by atomic mass is 35.5. The number of nitrogens with two attached hydrogens (primary N) is 1. The number of nitrogens with zero attached hydrogens (tertiary/aromatic N) is 4. The van der Waals surface area contributed by atoms with Gasteiger partial charge < -0.3 is 25.0 Å². The SMILES string of the molecule is COc1cccc(OCCN)c1CN1CCN(C(=O)CN2CCN(CCc3ccccc3)CC2)CC1.Cl. The number of rotatable bonds is 11. The topological polar surface area (TPSA) is 74.5 Å². The van der Waals surface area contributed by atoms with Gasteiger partial charge in [-0.2, -0.15) is 0 Å². The van der Waals surface area contributed by atoms with Gasteiger partial charge in [-0.3, -0.25) is 14.6 Å².